The first kappa shape index (κ1) is 17.0. The normalized spacial score (nSPS) is 16.2. The number of carbonyl (C=O) groups is 1. The van der Waals surface area contributed by atoms with Crippen molar-refractivity contribution in [1.29, 1.82) is 0 Å². The molecule has 2 aromatic rings. The zero-order chi connectivity index (χ0) is 16.9. The number of halogens is 1. The number of benzene rings is 1. The number of carbonyl (C=O) groups excluding carboxylic acids is 1. The lowest BCUT2D eigenvalue weighted by Gasteiger charge is -2.10. The Bertz CT molecular complexity index is 682. The SMILES string of the molecule is CC(Sc1n[nH]c(C2CCCC2)n1)C(=O)NCc1ccc(F)cc1. The molecule has 0 radical (unpaired) electrons. The topological polar surface area (TPSA) is 70.7 Å². The quantitative estimate of drug-likeness (QED) is 0.785. The second kappa shape index (κ2) is 7.79. The fourth-order valence-corrected chi connectivity index (χ4v) is 3.60. The minimum absolute atomic E-state index is 0.0865. The van der Waals surface area contributed by atoms with E-state index in [-0.39, 0.29) is 17.0 Å². The van der Waals surface area contributed by atoms with Crippen LogP contribution < -0.4 is 5.32 Å². The van der Waals surface area contributed by atoms with E-state index in [0.29, 0.717) is 17.6 Å². The van der Waals surface area contributed by atoms with Crippen LogP contribution >= 0.6 is 11.8 Å². The molecule has 1 atom stereocenters. The average Bonchev–Trinajstić information content (AvgIpc) is 3.25. The molecule has 0 bridgehead atoms. The van der Waals surface area contributed by atoms with Gasteiger partial charge in [-0.05, 0) is 37.5 Å². The number of thioether (sulfide) groups is 1. The Balaban J connectivity index is 1.49. The van der Waals surface area contributed by atoms with Gasteiger partial charge in [-0.1, -0.05) is 36.7 Å². The van der Waals surface area contributed by atoms with Crippen LogP contribution in [0.1, 0.15) is 49.9 Å². The molecule has 1 aliphatic rings. The number of hydrogen-bond donors (Lipinski definition) is 2. The van der Waals surface area contributed by atoms with Crippen LogP contribution in [-0.2, 0) is 11.3 Å². The van der Waals surface area contributed by atoms with Crippen molar-refractivity contribution in [3.8, 4) is 0 Å². The molecule has 1 heterocycles. The van der Waals surface area contributed by atoms with Gasteiger partial charge < -0.3 is 5.32 Å². The second-order valence-electron chi connectivity index (χ2n) is 6.09. The fourth-order valence-electron chi connectivity index (χ4n) is 2.84. The van der Waals surface area contributed by atoms with Crippen LogP contribution in [-0.4, -0.2) is 26.3 Å². The van der Waals surface area contributed by atoms with Gasteiger partial charge in [0.2, 0.25) is 11.1 Å². The molecule has 1 aromatic carbocycles. The maximum Gasteiger partial charge on any atom is 0.233 e. The minimum atomic E-state index is -0.294. The molecule has 1 aliphatic carbocycles. The van der Waals surface area contributed by atoms with E-state index in [1.807, 2.05) is 6.92 Å². The van der Waals surface area contributed by atoms with Crippen molar-refractivity contribution in [3.63, 3.8) is 0 Å². The monoisotopic (exact) mass is 348 g/mol. The molecular formula is C17H21FN4OS. The predicted molar refractivity (Wildman–Crippen MR) is 91.2 cm³/mol. The summed E-state index contributed by atoms with van der Waals surface area (Å²) in [7, 11) is 0. The molecule has 2 N–H and O–H groups in total. The van der Waals surface area contributed by atoms with E-state index in [4.69, 9.17) is 0 Å². The summed E-state index contributed by atoms with van der Waals surface area (Å²) >= 11 is 1.34. The first-order chi connectivity index (χ1) is 11.6. The molecule has 1 aromatic heterocycles. The highest BCUT2D eigenvalue weighted by Gasteiger charge is 2.22. The second-order valence-corrected chi connectivity index (χ2v) is 7.40. The molecule has 7 heteroatoms. The summed E-state index contributed by atoms with van der Waals surface area (Å²) in [5, 5.41) is 10.4. The van der Waals surface area contributed by atoms with Crippen LogP contribution in [0.5, 0.6) is 0 Å². The first-order valence-corrected chi connectivity index (χ1v) is 9.11. The Labute approximate surface area is 144 Å². The van der Waals surface area contributed by atoms with Gasteiger partial charge in [0.1, 0.15) is 11.6 Å². The highest BCUT2D eigenvalue weighted by Crippen LogP contribution is 2.33. The largest absolute Gasteiger partial charge is 0.351 e. The zero-order valence-corrected chi connectivity index (χ0v) is 14.4. The highest BCUT2D eigenvalue weighted by atomic mass is 32.2. The van der Waals surface area contributed by atoms with E-state index >= 15 is 0 Å². The molecule has 1 unspecified atom stereocenters. The van der Waals surface area contributed by atoms with Crippen LogP contribution in [0.4, 0.5) is 4.39 Å². The summed E-state index contributed by atoms with van der Waals surface area (Å²) in [5.41, 5.74) is 0.864. The minimum Gasteiger partial charge on any atom is -0.351 e. The number of aromatic amines is 1. The van der Waals surface area contributed by atoms with Crippen molar-refractivity contribution in [1.82, 2.24) is 20.5 Å². The van der Waals surface area contributed by atoms with Crippen molar-refractivity contribution in [2.45, 2.75) is 55.5 Å². The molecule has 1 amide bonds. The molecule has 0 spiro atoms. The van der Waals surface area contributed by atoms with Crippen molar-refractivity contribution < 1.29 is 9.18 Å². The molecule has 0 saturated heterocycles. The number of aromatic nitrogens is 3. The summed E-state index contributed by atoms with van der Waals surface area (Å²) < 4.78 is 12.9. The molecule has 5 nitrogen and oxygen atoms in total. The number of amides is 1. The smallest absolute Gasteiger partial charge is 0.233 e. The number of H-pyrrole nitrogens is 1. The highest BCUT2D eigenvalue weighted by molar-refractivity contribution is 8.00. The average molecular weight is 348 g/mol. The lowest BCUT2D eigenvalue weighted by Crippen LogP contribution is -2.30. The molecule has 24 heavy (non-hydrogen) atoms. The third-order valence-electron chi connectivity index (χ3n) is 4.26. The maximum absolute atomic E-state index is 12.9. The first-order valence-electron chi connectivity index (χ1n) is 8.23. The fraction of sp³-hybridized carbons (Fsp3) is 0.471. The van der Waals surface area contributed by atoms with E-state index in [2.05, 4.69) is 20.5 Å². The van der Waals surface area contributed by atoms with Crippen molar-refractivity contribution in [2.24, 2.45) is 0 Å². The van der Waals surface area contributed by atoms with Gasteiger partial charge in [-0.25, -0.2) is 9.37 Å². The van der Waals surface area contributed by atoms with E-state index in [1.54, 1.807) is 12.1 Å². The Morgan fingerprint density at radius 1 is 1.38 bits per heavy atom. The van der Waals surface area contributed by atoms with E-state index in [1.165, 1.54) is 36.7 Å². The molecular weight excluding hydrogens is 327 g/mol. The van der Waals surface area contributed by atoms with Gasteiger partial charge in [0.25, 0.3) is 0 Å². The van der Waals surface area contributed by atoms with Gasteiger partial charge in [-0.2, -0.15) is 0 Å². The van der Waals surface area contributed by atoms with Gasteiger partial charge in [-0.3, -0.25) is 9.89 Å². The van der Waals surface area contributed by atoms with Crippen LogP contribution in [0.25, 0.3) is 0 Å². The van der Waals surface area contributed by atoms with Crippen molar-refractivity contribution in [3.05, 3.63) is 41.5 Å². The summed E-state index contributed by atoms with van der Waals surface area (Å²) in [4.78, 5) is 16.7. The van der Waals surface area contributed by atoms with Crippen LogP contribution in [0.15, 0.2) is 29.4 Å². The number of rotatable bonds is 6. The Kier molecular flexibility index (Phi) is 5.50. The molecule has 3 rings (SSSR count). The van der Waals surface area contributed by atoms with E-state index in [0.717, 1.165) is 24.2 Å². The van der Waals surface area contributed by atoms with Crippen LogP contribution in [0.3, 0.4) is 0 Å². The van der Waals surface area contributed by atoms with Crippen LogP contribution in [0, 0.1) is 5.82 Å². The lowest BCUT2D eigenvalue weighted by atomic mass is 10.1. The third-order valence-corrected chi connectivity index (χ3v) is 5.22. The lowest BCUT2D eigenvalue weighted by molar-refractivity contribution is -0.120. The molecule has 1 fully saturated rings. The van der Waals surface area contributed by atoms with E-state index < -0.39 is 0 Å². The standard InChI is InChI=1S/C17H21FN4OS/c1-11(16(23)19-10-12-6-8-14(18)9-7-12)24-17-20-15(21-22-17)13-4-2-3-5-13/h6-9,11,13H,2-5,10H2,1H3,(H,19,23)(H,20,21,22). The summed E-state index contributed by atoms with van der Waals surface area (Å²) in [5.74, 6) is 1.05. The van der Waals surface area contributed by atoms with Gasteiger partial charge >= 0.3 is 0 Å². The number of nitrogens with one attached hydrogen (secondary N) is 2. The van der Waals surface area contributed by atoms with Crippen LogP contribution in [0.2, 0.25) is 0 Å². The predicted octanol–water partition coefficient (Wildman–Crippen LogP) is 3.40. The maximum atomic E-state index is 12.9. The molecule has 0 aliphatic heterocycles. The zero-order valence-electron chi connectivity index (χ0n) is 13.6. The molecule has 128 valence electrons. The Morgan fingerprint density at radius 3 is 2.79 bits per heavy atom. The summed E-state index contributed by atoms with van der Waals surface area (Å²) in [6.45, 7) is 2.21. The number of nitrogens with zero attached hydrogens (tertiary/aromatic N) is 2. The van der Waals surface area contributed by atoms with Gasteiger partial charge in [0, 0.05) is 12.5 Å². The van der Waals surface area contributed by atoms with Crippen molar-refractivity contribution >= 4 is 17.7 Å². The summed E-state index contributed by atoms with van der Waals surface area (Å²) in [6.07, 6.45) is 4.81. The summed E-state index contributed by atoms with van der Waals surface area (Å²) in [6, 6.07) is 6.10. The third kappa shape index (κ3) is 4.35. The van der Waals surface area contributed by atoms with Crippen molar-refractivity contribution in [2.75, 3.05) is 0 Å². The Morgan fingerprint density at radius 2 is 2.08 bits per heavy atom. The van der Waals surface area contributed by atoms with Gasteiger partial charge in [-0.15, -0.1) is 5.10 Å². The molecule has 1 saturated carbocycles. The number of hydrogen-bond acceptors (Lipinski definition) is 4. The van der Waals surface area contributed by atoms with Gasteiger partial charge in [0.05, 0.1) is 5.25 Å². The Hall–Kier alpha value is -1.89. The van der Waals surface area contributed by atoms with Gasteiger partial charge in [0.15, 0.2) is 0 Å². The van der Waals surface area contributed by atoms with E-state index in [9.17, 15) is 9.18 Å².